The largest absolute Gasteiger partial charge is 0.497 e. The molecule has 0 aliphatic rings. The molecule has 0 aliphatic carbocycles. The van der Waals surface area contributed by atoms with E-state index in [4.69, 9.17) is 16.3 Å². The number of benzene rings is 2. The Bertz CT molecular complexity index is 977. The lowest BCUT2D eigenvalue weighted by Gasteiger charge is -2.06. The van der Waals surface area contributed by atoms with E-state index in [1.165, 1.54) is 11.3 Å². The molecule has 0 unspecified atom stereocenters. The third-order valence-electron chi connectivity index (χ3n) is 4.04. The molecule has 1 aromatic heterocycles. The summed E-state index contributed by atoms with van der Waals surface area (Å²) in [5.41, 5.74) is 5.49. The van der Waals surface area contributed by atoms with Crippen molar-refractivity contribution in [1.29, 1.82) is 0 Å². The van der Waals surface area contributed by atoms with Crippen molar-refractivity contribution in [1.82, 2.24) is 5.43 Å². The van der Waals surface area contributed by atoms with Crippen LogP contribution in [0.1, 0.15) is 34.1 Å². The molecule has 1 amide bonds. The third-order valence-corrected chi connectivity index (χ3v) is 5.70. The minimum absolute atomic E-state index is 0.298. The Balaban J connectivity index is 1.84. The highest BCUT2D eigenvalue weighted by Gasteiger charge is 2.17. The maximum Gasteiger partial charge on any atom is 0.283 e. The van der Waals surface area contributed by atoms with E-state index in [2.05, 4.69) is 10.5 Å². The molecule has 1 heterocycles. The van der Waals surface area contributed by atoms with Crippen LogP contribution >= 0.6 is 22.9 Å². The molecule has 0 fully saturated rings. The second-order valence-corrected chi connectivity index (χ2v) is 7.26. The van der Waals surface area contributed by atoms with Gasteiger partial charge in [0.1, 0.15) is 10.6 Å². The number of rotatable bonds is 5. The Morgan fingerprint density at radius 2 is 1.96 bits per heavy atom. The SMILES string of the molecule is CC/C(=N\NC(=O)c1sc2cc(C)ccc2c1Cl)c1ccc(OC)cc1. The number of hydrogen-bond donors (Lipinski definition) is 1. The number of amides is 1. The van der Waals surface area contributed by atoms with Crippen molar-refractivity contribution >= 4 is 44.6 Å². The van der Waals surface area contributed by atoms with Gasteiger partial charge in [0.2, 0.25) is 0 Å². The smallest absolute Gasteiger partial charge is 0.283 e. The zero-order chi connectivity index (χ0) is 18.7. The van der Waals surface area contributed by atoms with Crippen molar-refractivity contribution < 1.29 is 9.53 Å². The second kappa shape index (κ2) is 7.89. The Morgan fingerprint density at radius 3 is 2.62 bits per heavy atom. The van der Waals surface area contributed by atoms with Crippen molar-refractivity contribution in [3.8, 4) is 5.75 Å². The van der Waals surface area contributed by atoms with Gasteiger partial charge in [-0.25, -0.2) is 5.43 Å². The molecule has 4 nitrogen and oxygen atoms in total. The van der Waals surface area contributed by atoms with E-state index in [-0.39, 0.29) is 5.91 Å². The minimum atomic E-state index is -0.298. The number of aryl methyl sites for hydroxylation is 1. The van der Waals surface area contributed by atoms with Crippen molar-refractivity contribution in [3.05, 3.63) is 63.5 Å². The lowest BCUT2D eigenvalue weighted by molar-refractivity contribution is 0.0959. The third kappa shape index (κ3) is 3.74. The summed E-state index contributed by atoms with van der Waals surface area (Å²) in [7, 11) is 1.63. The van der Waals surface area contributed by atoms with Crippen LogP contribution in [0.5, 0.6) is 5.75 Å². The highest BCUT2D eigenvalue weighted by molar-refractivity contribution is 7.21. The number of halogens is 1. The molecule has 134 valence electrons. The van der Waals surface area contributed by atoms with E-state index in [0.29, 0.717) is 16.3 Å². The molecule has 0 radical (unpaired) electrons. The van der Waals surface area contributed by atoms with Gasteiger partial charge in [0.15, 0.2) is 0 Å². The van der Waals surface area contributed by atoms with Gasteiger partial charge in [-0.05, 0) is 54.8 Å². The van der Waals surface area contributed by atoms with Crippen LogP contribution in [0.15, 0.2) is 47.6 Å². The van der Waals surface area contributed by atoms with Gasteiger partial charge in [0, 0.05) is 10.1 Å². The number of hydrazone groups is 1. The Labute approximate surface area is 161 Å². The van der Waals surface area contributed by atoms with Gasteiger partial charge in [-0.15, -0.1) is 11.3 Å². The first-order valence-electron chi connectivity index (χ1n) is 8.23. The molecule has 0 bridgehead atoms. The maximum atomic E-state index is 12.6. The van der Waals surface area contributed by atoms with Crippen LogP contribution in [0, 0.1) is 6.92 Å². The van der Waals surface area contributed by atoms with Gasteiger partial charge in [0.05, 0.1) is 17.8 Å². The van der Waals surface area contributed by atoms with Crippen LogP contribution in [0.4, 0.5) is 0 Å². The molecule has 1 N–H and O–H groups in total. The molecular formula is C20H19ClN2O2S. The standard InChI is InChI=1S/C20H19ClN2O2S/c1-4-16(13-6-8-14(25-3)9-7-13)22-23-20(24)19-18(21)15-10-5-12(2)11-17(15)26-19/h5-11H,4H2,1-3H3,(H,23,24)/b22-16+. The van der Waals surface area contributed by atoms with E-state index >= 15 is 0 Å². The summed E-state index contributed by atoms with van der Waals surface area (Å²) in [6.07, 6.45) is 0.686. The van der Waals surface area contributed by atoms with E-state index in [1.54, 1.807) is 7.11 Å². The van der Waals surface area contributed by atoms with E-state index < -0.39 is 0 Å². The molecule has 3 aromatic rings. The van der Waals surface area contributed by atoms with Crippen molar-refractivity contribution in [2.24, 2.45) is 5.10 Å². The number of hydrogen-bond acceptors (Lipinski definition) is 4. The van der Waals surface area contributed by atoms with Gasteiger partial charge < -0.3 is 4.74 Å². The first-order chi connectivity index (χ1) is 12.5. The molecule has 6 heteroatoms. The number of methoxy groups -OCH3 is 1. The average Bonchev–Trinajstić information content (AvgIpc) is 2.98. The fourth-order valence-electron chi connectivity index (χ4n) is 2.62. The van der Waals surface area contributed by atoms with Crippen LogP contribution in [0.2, 0.25) is 5.02 Å². The number of carbonyl (C=O) groups excluding carboxylic acids is 1. The topological polar surface area (TPSA) is 50.7 Å². The van der Waals surface area contributed by atoms with Crippen molar-refractivity contribution in [2.45, 2.75) is 20.3 Å². The highest BCUT2D eigenvalue weighted by Crippen LogP contribution is 2.35. The fraction of sp³-hybridized carbons (Fsp3) is 0.200. The number of nitrogens with one attached hydrogen (secondary N) is 1. The first-order valence-corrected chi connectivity index (χ1v) is 9.43. The van der Waals surface area contributed by atoms with Gasteiger partial charge in [-0.2, -0.15) is 5.10 Å². The summed E-state index contributed by atoms with van der Waals surface area (Å²) >= 11 is 7.77. The van der Waals surface area contributed by atoms with Crippen LogP contribution < -0.4 is 10.2 Å². The van der Waals surface area contributed by atoms with Gasteiger partial charge >= 0.3 is 0 Å². The monoisotopic (exact) mass is 386 g/mol. The van der Waals surface area contributed by atoms with Crippen LogP contribution in [0.3, 0.4) is 0 Å². The first kappa shape index (κ1) is 18.4. The van der Waals surface area contributed by atoms with Gasteiger partial charge in [-0.1, -0.05) is 30.7 Å². The number of thiophene rings is 1. The molecule has 3 rings (SSSR count). The highest BCUT2D eigenvalue weighted by atomic mass is 35.5. The molecular weight excluding hydrogens is 368 g/mol. The Kier molecular flexibility index (Phi) is 5.59. The van der Waals surface area contributed by atoms with Gasteiger partial charge in [0.25, 0.3) is 5.91 Å². The molecule has 0 spiro atoms. The summed E-state index contributed by atoms with van der Waals surface area (Å²) in [5.74, 6) is 0.480. The number of nitrogens with zero attached hydrogens (tertiary/aromatic N) is 1. The molecule has 2 aromatic carbocycles. The zero-order valence-corrected chi connectivity index (χ0v) is 16.4. The summed E-state index contributed by atoms with van der Waals surface area (Å²) < 4.78 is 6.16. The quantitative estimate of drug-likeness (QED) is 0.470. The number of fused-ring (bicyclic) bond motifs is 1. The lowest BCUT2D eigenvalue weighted by Crippen LogP contribution is -2.19. The number of carbonyl (C=O) groups is 1. The normalized spacial score (nSPS) is 11.6. The van der Waals surface area contributed by atoms with E-state index in [1.807, 2.05) is 56.3 Å². The Hall–Kier alpha value is -2.37. The number of ether oxygens (including phenoxy) is 1. The van der Waals surface area contributed by atoms with Crippen molar-refractivity contribution in [3.63, 3.8) is 0 Å². The molecule has 0 aliphatic heterocycles. The van der Waals surface area contributed by atoms with Crippen LogP contribution in [-0.2, 0) is 0 Å². The Morgan fingerprint density at radius 1 is 1.23 bits per heavy atom. The summed E-state index contributed by atoms with van der Waals surface area (Å²) in [5, 5.41) is 5.66. The fourth-order valence-corrected chi connectivity index (χ4v) is 4.12. The van der Waals surface area contributed by atoms with Crippen molar-refractivity contribution in [2.75, 3.05) is 7.11 Å². The maximum absolute atomic E-state index is 12.6. The summed E-state index contributed by atoms with van der Waals surface area (Å²) in [4.78, 5) is 13.0. The van der Waals surface area contributed by atoms with E-state index in [9.17, 15) is 4.79 Å². The summed E-state index contributed by atoms with van der Waals surface area (Å²) in [6, 6.07) is 13.5. The van der Waals surface area contributed by atoms with E-state index in [0.717, 1.165) is 32.7 Å². The molecule has 0 saturated carbocycles. The molecule has 0 atom stereocenters. The second-order valence-electron chi connectivity index (χ2n) is 5.83. The van der Waals surface area contributed by atoms with Crippen LogP contribution in [-0.4, -0.2) is 18.7 Å². The predicted octanol–water partition coefficient (Wildman–Crippen LogP) is 5.42. The minimum Gasteiger partial charge on any atom is -0.497 e. The predicted molar refractivity (Wildman–Crippen MR) is 109 cm³/mol. The average molecular weight is 387 g/mol. The lowest BCUT2D eigenvalue weighted by atomic mass is 10.1. The zero-order valence-electron chi connectivity index (χ0n) is 14.8. The van der Waals surface area contributed by atoms with Gasteiger partial charge in [-0.3, -0.25) is 4.79 Å². The molecule has 26 heavy (non-hydrogen) atoms. The molecule has 0 saturated heterocycles. The summed E-state index contributed by atoms with van der Waals surface area (Å²) in [6.45, 7) is 4.00. The van der Waals surface area contributed by atoms with Crippen LogP contribution in [0.25, 0.3) is 10.1 Å².